The van der Waals surface area contributed by atoms with Crippen molar-refractivity contribution in [1.82, 2.24) is 0 Å². The lowest BCUT2D eigenvalue weighted by Gasteiger charge is -2.06. The Morgan fingerprint density at radius 3 is 2.69 bits per heavy atom. The van der Waals surface area contributed by atoms with Gasteiger partial charge in [0.05, 0.1) is 12.0 Å². The lowest BCUT2D eigenvalue weighted by atomic mass is 9.98. The zero-order valence-corrected chi connectivity index (χ0v) is 8.54. The molecule has 16 heavy (non-hydrogen) atoms. The summed E-state index contributed by atoms with van der Waals surface area (Å²) in [6, 6.07) is 6.51. The molecule has 1 unspecified atom stereocenters. The molecule has 0 amide bonds. The van der Waals surface area contributed by atoms with Gasteiger partial charge in [0, 0.05) is 0 Å². The molecule has 1 aliphatic rings. The van der Waals surface area contributed by atoms with Gasteiger partial charge in [0.25, 0.3) is 0 Å². The van der Waals surface area contributed by atoms with Gasteiger partial charge in [-0.05, 0) is 24.1 Å². The van der Waals surface area contributed by atoms with Crippen molar-refractivity contribution in [2.75, 3.05) is 0 Å². The Kier molecular flexibility index (Phi) is 2.43. The van der Waals surface area contributed by atoms with E-state index in [9.17, 15) is 8.78 Å². The van der Waals surface area contributed by atoms with E-state index in [0.29, 0.717) is 12.0 Å². The van der Waals surface area contributed by atoms with Crippen molar-refractivity contribution in [3.63, 3.8) is 0 Å². The number of hydrogen-bond acceptors (Lipinski definition) is 3. The van der Waals surface area contributed by atoms with E-state index in [1.54, 1.807) is 6.07 Å². The Morgan fingerprint density at radius 2 is 2.06 bits per heavy atom. The summed E-state index contributed by atoms with van der Waals surface area (Å²) in [5.74, 6) is -0.333. The number of fused-ring (bicyclic) bond motifs is 1. The predicted octanol–water partition coefficient (Wildman–Crippen LogP) is 3.03. The van der Waals surface area contributed by atoms with E-state index in [4.69, 9.17) is 5.26 Å². The third-order valence-corrected chi connectivity index (χ3v) is 2.39. The maximum Gasteiger partial charge on any atom is 0.586 e. The molecule has 0 radical (unpaired) electrons. The Morgan fingerprint density at radius 1 is 1.38 bits per heavy atom. The molecule has 84 valence electrons. The van der Waals surface area contributed by atoms with Crippen molar-refractivity contribution in [3.05, 3.63) is 23.8 Å². The summed E-state index contributed by atoms with van der Waals surface area (Å²) in [6.07, 6.45) is -2.98. The van der Waals surface area contributed by atoms with Crippen LogP contribution < -0.4 is 9.47 Å². The first-order valence-corrected chi connectivity index (χ1v) is 4.85. The van der Waals surface area contributed by atoms with Crippen LogP contribution in [-0.4, -0.2) is 6.29 Å². The van der Waals surface area contributed by atoms with E-state index in [0.717, 1.165) is 0 Å². The number of rotatable bonds is 2. The van der Waals surface area contributed by atoms with Crippen molar-refractivity contribution in [3.8, 4) is 17.6 Å². The molecule has 5 heteroatoms. The minimum Gasteiger partial charge on any atom is -0.395 e. The predicted molar refractivity (Wildman–Crippen MR) is 51.3 cm³/mol. The highest BCUT2D eigenvalue weighted by Gasteiger charge is 2.43. The minimum atomic E-state index is -3.60. The molecular weight excluding hydrogens is 216 g/mol. The Labute approximate surface area is 91.2 Å². The summed E-state index contributed by atoms with van der Waals surface area (Å²) >= 11 is 0. The SMILES string of the molecule is CCC(C#N)c1ccc2c(c1)OC(F)(F)O2. The number of nitrogens with zero attached hydrogens (tertiary/aromatic N) is 1. The molecule has 3 nitrogen and oxygen atoms in total. The van der Waals surface area contributed by atoms with Gasteiger partial charge in [0.15, 0.2) is 11.5 Å². The molecular formula is C11H9F2NO2. The first-order valence-electron chi connectivity index (χ1n) is 4.85. The van der Waals surface area contributed by atoms with Crippen molar-refractivity contribution >= 4 is 0 Å². The van der Waals surface area contributed by atoms with Crippen LogP contribution in [0.2, 0.25) is 0 Å². The Bertz CT molecular complexity index is 454. The van der Waals surface area contributed by atoms with Gasteiger partial charge in [0.1, 0.15) is 0 Å². The standard InChI is InChI=1S/C11H9F2NO2/c1-2-7(6-14)8-3-4-9-10(5-8)16-11(12,13)15-9/h3-5,7H,2H2,1H3. The smallest absolute Gasteiger partial charge is 0.395 e. The highest BCUT2D eigenvalue weighted by atomic mass is 19.3. The molecule has 0 N–H and O–H groups in total. The largest absolute Gasteiger partial charge is 0.586 e. The molecule has 0 bridgehead atoms. The number of halogens is 2. The number of alkyl halides is 2. The zero-order valence-electron chi connectivity index (χ0n) is 8.54. The molecule has 0 aromatic heterocycles. The summed E-state index contributed by atoms with van der Waals surface area (Å²) in [5.41, 5.74) is 0.657. The Hall–Kier alpha value is -1.83. The van der Waals surface area contributed by atoms with E-state index in [2.05, 4.69) is 15.5 Å². The quantitative estimate of drug-likeness (QED) is 0.776. The molecule has 0 spiro atoms. The summed E-state index contributed by atoms with van der Waals surface area (Å²) < 4.78 is 34.0. The van der Waals surface area contributed by atoms with Crippen LogP contribution in [-0.2, 0) is 0 Å². The van der Waals surface area contributed by atoms with Crippen LogP contribution in [0.15, 0.2) is 18.2 Å². The fourth-order valence-corrected chi connectivity index (χ4v) is 1.58. The van der Waals surface area contributed by atoms with Crippen molar-refractivity contribution < 1.29 is 18.3 Å². The number of benzene rings is 1. The van der Waals surface area contributed by atoms with Crippen LogP contribution in [0, 0.1) is 11.3 Å². The minimum absolute atomic E-state index is 0.00143. The van der Waals surface area contributed by atoms with Gasteiger partial charge in [-0.25, -0.2) is 0 Å². The molecule has 0 fully saturated rings. The molecule has 0 aliphatic carbocycles. The number of nitriles is 1. The van der Waals surface area contributed by atoms with Gasteiger partial charge in [-0.1, -0.05) is 13.0 Å². The van der Waals surface area contributed by atoms with Crippen LogP contribution in [0.3, 0.4) is 0 Å². The molecule has 1 aromatic carbocycles. The second-order valence-electron chi connectivity index (χ2n) is 3.46. The average Bonchev–Trinajstić information content (AvgIpc) is 2.53. The highest BCUT2D eigenvalue weighted by Crippen LogP contribution is 2.42. The summed E-state index contributed by atoms with van der Waals surface area (Å²) in [7, 11) is 0. The van der Waals surface area contributed by atoms with E-state index in [-0.39, 0.29) is 17.4 Å². The molecule has 1 heterocycles. The van der Waals surface area contributed by atoms with Gasteiger partial charge in [0.2, 0.25) is 0 Å². The Balaban J connectivity index is 2.33. The van der Waals surface area contributed by atoms with E-state index >= 15 is 0 Å². The van der Waals surface area contributed by atoms with Crippen molar-refractivity contribution in [1.29, 1.82) is 5.26 Å². The second-order valence-corrected chi connectivity index (χ2v) is 3.46. The number of hydrogen-bond donors (Lipinski definition) is 0. The molecule has 0 saturated carbocycles. The van der Waals surface area contributed by atoms with Crippen LogP contribution in [0.4, 0.5) is 8.78 Å². The van der Waals surface area contributed by atoms with Crippen molar-refractivity contribution in [2.24, 2.45) is 0 Å². The summed E-state index contributed by atoms with van der Waals surface area (Å²) in [4.78, 5) is 0. The van der Waals surface area contributed by atoms with Gasteiger partial charge in [-0.3, -0.25) is 0 Å². The van der Waals surface area contributed by atoms with E-state index in [1.807, 2.05) is 6.92 Å². The average molecular weight is 225 g/mol. The fraction of sp³-hybridized carbons (Fsp3) is 0.364. The zero-order chi connectivity index (χ0) is 11.8. The van der Waals surface area contributed by atoms with Crippen molar-refractivity contribution in [2.45, 2.75) is 25.6 Å². The van der Waals surface area contributed by atoms with E-state index in [1.165, 1.54) is 12.1 Å². The molecule has 1 atom stereocenters. The van der Waals surface area contributed by atoms with Crippen LogP contribution in [0.1, 0.15) is 24.8 Å². The van der Waals surface area contributed by atoms with E-state index < -0.39 is 6.29 Å². The van der Waals surface area contributed by atoms with Gasteiger partial charge in [-0.2, -0.15) is 5.26 Å². The lowest BCUT2D eigenvalue weighted by Crippen LogP contribution is -2.25. The molecule has 1 aliphatic heterocycles. The number of ether oxygens (including phenoxy) is 2. The van der Waals surface area contributed by atoms with Crippen LogP contribution in [0.5, 0.6) is 11.5 Å². The third-order valence-electron chi connectivity index (χ3n) is 2.39. The first kappa shape index (κ1) is 10.7. The van der Waals surface area contributed by atoms with Crippen LogP contribution >= 0.6 is 0 Å². The maximum atomic E-state index is 12.7. The molecule has 0 saturated heterocycles. The normalized spacial score (nSPS) is 17.9. The summed E-state index contributed by atoms with van der Waals surface area (Å²) in [5, 5.41) is 8.86. The fourth-order valence-electron chi connectivity index (χ4n) is 1.58. The maximum absolute atomic E-state index is 12.7. The third kappa shape index (κ3) is 1.78. The topological polar surface area (TPSA) is 42.2 Å². The first-order chi connectivity index (χ1) is 7.55. The molecule has 2 rings (SSSR count). The summed E-state index contributed by atoms with van der Waals surface area (Å²) in [6.45, 7) is 1.85. The van der Waals surface area contributed by atoms with Gasteiger partial charge in [-0.15, -0.1) is 8.78 Å². The lowest BCUT2D eigenvalue weighted by molar-refractivity contribution is -0.286. The van der Waals surface area contributed by atoms with Gasteiger partial charge < -0.3 is 9.47 Å². The monoisotopic (exact) mass is 225 g/mol. The molecule has 1 aromatic rings. The van der Waals surface area contributed by atoms with Gasteiger partial charge >= 0.3 is 6.29 Å². The van der Waals surface area contributed by atoms with Crippen LogP contribution in [0.25, 0.3) is 0 Å². The second kappa shape index (κ2) is 3.63. The highest BCUT2D eigenvalue weighted by molar-refractivity contribution is 5.46.